The third-order valence-electron chi connectivity index (χ3n) is 3.06. The zero-order valence-electron chi connectivity index (χ0n) is 12.8. The summed E-state index contributed by atoms with van der Waals surface area (Å²) in [7, 11) is 1.35. The van der Waals surface area contributed by atoms with Crippen LogP contribution < -0.4 is 10.1 Å². The van der Waals surface area contributed by atoms with Gasteiger partial charge in [-0.15, -0.1) is 0 Å². The third kappa shape index (κ3) is 4.73. The molecule has 1 aromatic carbocycles. The van der Waals surface area contributed by atoms with Gasteiger partial charge in [-0.3, -0.25) is 14.9 Å². The van der Waals surface area contributed by atoms with Crippen LogP contribution in [-0.2, 0) is 11.3 Å². The lowest BCUT2D eigenvalue weighted by molar-refractivity contribution is -0.390. The molecular weight excluding hydrogens is 402 g/mol. The molecule has 0 bridgehead atoms. The molecule has 2 aromatic rings. The van der Waals surface area contributed by atoms with Crippen LogP contribution in [0, 0.1) is 20.2 Å². The number of carbonyl (C=O) groups is 1. The van der Waals surface area contributed by atoms with Crippen LogP contribution in [0.2, 0.25) is 0 Å². The van der Waals surface area contributed by atoms with Crippen molar-refractivity contribution in [3.05, 3.63) is 49.1 Å². The number of anilines is 1. The molecule has 0 unspecified atom stereocenters. The third-order valence-corrected chi connectivity index (χ3v) is 3.62. The molecule has 25 heavy (non-hydrogen) atoms. The van der Waals surface area contributed by atoms with Gasteiger partial charge in [0.2, 0.25) is 5.91 Å². The van der Waals surface area contributed by atoms with Crippen LogP contribution >= 0.6 is 15.9 Å². The molecule has 1 N–H and O–H groups in total. The van der Waals surface area contributed by atoms with Crippen LogP contribution in [0.1, 0.15) is 6.42 Å². The van der Waals surface area contributed by atoms with E-state index in [0.29, 0.717) is 0 Å². The van der Waals surface area contributed by atoms with Crippen molar-refractivity contribution in [2.75, 3.05) is 12.4 Å². The van der Waals surface area contributed by atoms with Crippen molar-refractivity contribution in [3.8, 4) is 5.75 Å². The van der Waals surface area contributed by atoms with E-state index >= 15 is 0 Å². The number of non-ortho nitro benzene ring substituents is 1. The molecule has 0 radical (unpaired) electrons. The van der Waals surface area contributed by atoms with Crippen molar-refractivity contribution in [2.45, 2.75) is 13.0 Å². The van der Waals surface area contributed by atoms with E-state index in [1.54, 1.807) is 0 Å². The second-order valence-electron chi connectivity index (χ2n) is 4.80. The topological polar surface area (TPSA) is 142 Å². The molecule has 0 aliphatic heterocycles. The van der Waals surface area contributed by atoms with E-state index in [-0.39, 0.29) is 40.4 Å². The summed E-state index contributed by atoms with van der Waals surface area (Å²) in [5.41, 5.74) is -0.00930. The Balaban J connectivity index is 2.03. The molecule has 0 saturated carbocycles. The van der Waals surface area contributed by atoms with Crippen molar-refractivity contribution in [1.29, 1.82) is 0 Å². The van der Waals surface area contributed by atoms with Crippen LogP contribution in [0.3, 0.4) is 0 Å². The van der Waals surface area contributed by atoms with E-state index in [9.17, 15) is 25.0 Å². The molecule has 0 spiro atoms. The van der Waals surface area contributed by atoms with Gasteiger partial charge in [-0.1, -0.05) is 0 Å². The van der Waals surface area contributed by atoms with Gasteiger partial charge in [-0.05, 0) is 20.9 Å². The van der Waals surface area contributed by atoms with E-state index in [1.165, 1.54) is 36.2 Å². The number of hydrogen-bond acceptors (Lipinski definition) is 7. The summed E-state index contributed by atoms with van der Waals surface area (Å²) < 4.78 is 6.43. The van der Waals surface area contributed by atoms with Crippen molar-refractivity contribution >= 4 is 39.0 Å². The Bertz CT molecular complexity index is 836. The summed E-state index contributed by atoms with van der Waals surface area (Å²) >= 11 is 3.01. The number of benzene rings is 1. The molecule has 1 heterocycles. The average molecular weight is 414 g/mol. The zero-order chi connectivity index (χ0) is 18.6. The molecule has 11 nitrogen and oxygen atoms in total. The molecule has 2 rings (SSSR count). The van der Waals surface area contributed by atoms with Gasteiger partial charge >= 0.3 is 5.82 Å². The predicted molar refractivity (Wildman–Crippen MR) is 89.5 cm³/mol. The predicted octanol–water partition coefficient (Wildman–Crippen LogP) is 2.50. The lowest BCUT2D eigenvalue weighted by Crippen LogP contribution is -2.15. The largest absolute Gasteiger partial charge is 0.496 e. The van der Waals surface area contributed by atoms with Crippen LogP contribution in [0.25, 0.3) is 0 Å². The van der Waals surface area contributed by atoms with E-state index in [1.807, 2.05) is 0 Å². The van der Waals surface area contributed by atoms with E-state index in [0.717, 1.165) is 0 Å². The smallest absolute Gasteiger partial charge is 0.404 e. The number of carbonyl (C=O) groups excluding carboxylic acids is 1. The first kappa shape index (κ1) is 18.3. The Morgan fingerprint density at radius 3 is 2.60 bits per heavy atom. The molecule has 0 atom stereocenters. The van der Waals surface area contributed by atoms with Gasteiger partial charge in [-0.2, -0.15) is 4.68 Å². The summed E-state index contributed by atoms with van der Waals surface area (Å²) in [6, 6.07) is 3.88. The minimum atomic E-state index is -0.643. The molecule has 0 aliphatic carbocycles. The summed E-state index contributed by atoms with van der Waals surface area (Å²) in [5.74, 6) is -0.545. The maximum Gasteiger partial charge on any atom is 0.404 e. The van der Waals surface area contributed by atoms with Crippen LogP contribution in [0.5, 0.6) is 5.75 Å². The number of rotatable bonds is 7. The minimum absolute atomic E-state index is 0.0315. The Morgan fingerprint density at radius 2 is 2.04 bits per heavy atom. The Kier molecular flexibility index (Phi) is 5.64. The molecular formula is C13H12BrN5O6. The summed E-state index contributed by atoms with van der Waals surface area (Å²) in [5, 5.41) is 27.8. The van der Waals surface area contributed by atoms with Crippen LogP contribution in [0.4, 0.5) is 17.2 Å². The van der Waals surface area contributed by atoms with Crippen LogP contribution in [-0.4, -0.2) is 32.6 Å². The number of nitrogens with zero attached hydrogens (tertiary/aromatic N) is 4. The number of hydrogen-bond donors (Lipinski definition) is 1. The number of aromatic nitrogens is 2. The number of nitrogens with one attached hydrogen (secondary N) is 1. The molecule has 12 heteroatoms. The standard InChI is InChI=1S/C13H12BrN5O6/c1-25-10-5-8(4-9(6-10)18(21)22)15-12(20)2-3-17-7-11(14)13(16-17)19(23)24/h4-7H,2-3H2,1H3,(H,15,20). The van der Waals surface area contributed by atoms with Gasteiger partial charge in [-0.25, -0.2) is 0 Å². The van der Waals surface area contributed by atoms with E-state index < -0.39 is 15.8 Å². The molecule has 1 aromatic heterocycles. The molecule has 132 valence electrons. The van der Waals surface area contributed by atoms with Gasteiger partial charge in [0.25, 0.3) is 5.69 Å². The highest BCUT2D eigenvalue weighted by Crippen LogP contribution is 2.26. The highest BCUT2D eigenvalue weighted by atomic mass is 79.9. The fraction of sp³-hybridized carbons (Fsp3) is 0.231. The number of aryl methyl sites for hydroxylation is 1. The van der Waals surface area contributed by atoms with Gasteiger partial charge in [0.15, 0.2) is 0 Å². The summed E-state index contributed by atoms with van der Waals surface area (Å²) in [6.07, 6.45) is 1.36. The first-order chi connectivity index (χ1) is 11.8. The highest BCUT2D eigenvalue weighted by Gasteiger charge is 2.19. The summed E-state index contributed by atoms with van der Waals surface area (Å²) in [6.45, 7) is 0.102. The normalized spacial score (nSPS) is 10.3. The van der Waals surface area contributed by atoms with Gasteiger partial charge < -0.3 is 20.2 Å². The fourth-order valence-corrected chi connectivity index (χ4v) is 2.40. The molecule has 0 fully saturated rings. The number of nitro groups is 2. The van der Waals surface area contributed by atoms with Crippen molar-refractivity contribution < 1.29 is 19.4 Å². The molecule has 1 amide bonds. The molecule has 0 saturated heterocycles. The number of methoxy groups -OCH3 is 1. The van der Waals surface area contributed by atoms with Gasteiger partial charge in [0.1, 0.15) is 10.2 Å². The minimum Gasteiger partial charge on any atom is -0.496 e. The monoisotopic (exact) mass is 413 g/mol. The maximum absolute atomic E-state index is 12.0. The Morgan fingerprint density at radius 1 is 1.32 bits per heavy atom. The quantitative estimate of drug-likeness (QED) is 0.542. The Hall–Kier alpha value is -3.02. The van der Waals surface area contributed by atoms with Crippen molar-refractivity contribution in [3.63, 3.8) is 0 Å². The zero-order valence-corrected chi connectivity index (χ0v) is 14.4. The van der Waals surface area contributed by atoms with Crippen molar-refractivity contribution in [1.82, 2.24) is 9.78 Å². The summed E-state index contributed by atoms with van der Waals surface area (Å²) in [4.78, 5) is 32.3. The van der Waals surface area contributed by atoms with E-state index in [4.69, 9.17) is 4.74 Å². The SMILES string of the molecule is COc1cc(NC(=O)CCn2cc(Br)c([N+](=O)[O-])n2)cc([N+](=O)[O-])c1. The lowest BCUT2D eigenvalue weighted by Gasteiger charge is -2.07. The Labute approximate surface area is 149 Å². The fourth-order valence-electron chi connectivity index (χ4n) is 1.94. The van der Waals surface area contributed by atoms with E-state index in [2.05, 4.69) is 26.3 Å². The highest BCUT2D eigenvalue weighted by molar-refractivity contribution is 9.10. The molecule has 0 aliphatic rings. The van der Waals surface area contributed by atoms with Gasteiger partial charge in [0, 0.05) is 18.6 Å². The van der Waals surface area contributed by atoms with Crippen molar-refractivity contribution in [2.24, 2.45) is 0 Å². The van der Waals surface area contributed by atoms with Gasteiger partial charge in [0.05, 0.1) is 41.6 Å². The number of ether oxygens (including phenoxy) is 1. The second kappa shape index (κ2) is 7.70. The van der Waals surface area contributed by atoms with Crippen LogP contribution in [0.15, 0.2) is 28.9 Å². The number of nitro benzene ring substituents is 1. The average Bonchev–Trinajstić information content (AvgIpc) is 2.93. The number of amides is 1. The second-order valence-corrected chi connectivity index (χ2v) is 5.65. The first-order valence-corrected chi connectivity index (χ1v) is 7.60. The first-order valence-electron chi connectivity index (χ1n) is 6.81. The maximum atomic E-state index is 12.0. The number of halogens is 1. The lowest BCUT2D eigenvalue weighted by atomic mass is 10.2.